The van der Waals surface area contributed by atoms with Crippen LogP contribution < -0.4 is 5.30 Å². The Morgan fingerprint density at radius 2 is 0.944 bits per heavy atom. The quantitative estimate of drug-likeness (QED) is 0.256. The molecule has 0 bridgehead atoms. The van der Waals surface area contributed by atoms with Crippen LogP contribution in [0.1, 0.15) is 54.1 Å². The summed E-state index contributed by atoms with van der Waals surface area (Å²) >= 11 is 0. The molecule has 4 heteroatoms. The molecule has 0 fully saturated rings. The van der Waals surface area contributed by atoms with Crippen molar-refractivity contribution in [2.24, 2.45) is 0 Å². The molecule has 0 aromatic heterocycles. The number of hydrogen-bond donors (Lipinski definition) is 0. The zero-order valence-electron chi connectivity index (χ0n) is 21.7. The molecule has 4 rings (SSSR count). The summed E-state index contributed by atoms with van der Waals surface area (Å²) in [7, 11) is -4.32. The highest BCUT2D eigenvalue weighted by molar-refractivity contribution is 8.01. The average Bonchev–Trinajstić information content (AvgIpc) is 2.82. The molecule has 0 saturated heterocycles. The van der Waals surface area contributed by atoms with E-state index in [-0.39, 0.29) is 5.30 Å². The highest BCUT2D eigenvalue weighted by atomic mass is 31.2. The zero-order valence-corrected chi connectivity index (χ0v) is 22.6. The lowest BCUT2D eigenvalue weighted by Crippen LogP contribution is -2.24. The van der Waals surface area contributed by atoms with Crippen LogP contribution in [0.2, 0.25) is 0 Å². The van der Waals surface area contributed by atoms with Crippen molar-refractivity contribution in [3.8, 4) is 11.1 Å². The van der Waals surface area contributed by atoms with Gasteiger partial charge in [-0.3, -0.25) is 9.59 Å². The Morgan fingerprint density at radius 1 is 0.556 bits per heavy atom. The summed E-state index contributed by atoms with van der Waals surface area (Å²) in [5, 5.41) is 0.282. The largest absolute Gasteiger partial charge is 0.302 e. The first-order chi connectivity index (χ1) is 17.1. The van der Waals surface area contributed by atoms with E-state index < -0.39 is 18.2 Å². The van der Waals surface area contributed by atoms with Gasteiger partial charge < -0.3 is 4.57 Å². The van der Waals surface area contributed by atoms with E-state index in [1.54, 1.807) is 12.1 Å². The minimum Gasteiger partial charge on any atom is -0.302 e. The maximum absolute atomic E-state index is 15.3. The van der Waals surface area contributed by atoms with E-state index in [1.807, 2.05) is 108 Å². The molecule has 0 unspecified atom stereocenters. The van der Waals surface area contributed by atoms with Gasteiger partial charge in [-0.15, -0.1) is 0 Å². The summed E-state index contributed by atoms with van der Waals surface area (Å²) in [4.78, 5) is 28.8. The number of carbonyl (C=O) groups excluding carboxylic acids is 2. The molecule has 0 amide bonds. The molecule has 0 spiro atoms. The molecule has 0 aliphatic rings. The third-order valence-electron chi connectivity index (χ3n) is 6.68. The Kier molecular flexibility index (Phi) is 6.98. The van der Waals surface area contributed by atoms with Gasteiger partial charge in [-0.25, -0.2) is 0 Å². The lowest BCUT2D eigenvalue weighted by molar-refractivity contribution is 0.104. The first kappa shape index (κ1) is 25.5. The fourth-order valence-corrected chi connectivity index (χ4v) is 8.07. The summed E-state index contributed by atoms with van der Waals surface area (Å²) in [6.45, 7) is 11.3. The second kappa shape index (κ2) is 9.84. The van der Waals surface area contributed by atoms with Crippen LogP contribution in [0, 0.1) is 41.5 Å². The Morgan fingerprint density at radius 3 is 1.39 bits per heavy atom. The molecule has 0 atom stereocenters. The van der Waals surface area contributed by atoms with Gasteiger partial charge in [0, 0.05) is 16.4 Å². The summed E-state index contributed by atoms with van der Waals surface area (Å²) in [6, 6.07) is 24.2. The van der Waals surface area contributed by atoms with Gasteiger partial charge in [-0.2, -0.15) is 0 Å². The lowest BCUT2D eigenvalue weighted by Gasteiger charge is -2.23. The van der Waals surface area contributed by atoms with Crippen LogP contribution in [-0.2, 0) is 4.57 Å². The van der Waals surface area contributed by atoms with Gasteiger partial charge >= 0.3 is 0 Å². The third-order valence-corrected chi connectivity index (χ3v) is 9.34. The molecule has 0 aliphatic heterocycles. The van der Waals surface area contributed by atoms with Crippen molar-refractivity contribution >= 4 is 23.5 Å². The van der Waals surface area contributed by atoms with E-state index in [0.29, 0.717) is 16.7 Å². The molecular weight excluding hydrogens is 463 g/mol. The minimum atomic E-state index is -4.32. The van der Waals surface area contributed by atoms with E-state index in [1.165, 1.54) is 0 Å². The molecule has 182 valence electrons. The van der Waals surface area contributed by atoms with Crippen LogP contribution in [0.15, 0.2) is 78.9 Å². The van der Waals surface area contributed by atoms with Crippen LogP contribution in [-0.4, -0.2) is 11.0 Å². The van der Waals surface area contributed by atoms with Gasteiger partial charge in [-0.05, 0) is 74.9 Å². The Labute approximate surface area is 213 Å². The van der Waals surface area contributed by atoms with Gasteiger partial charge in [0.1, 0.15) is 0 Å². The number of benzene rings is 4. The molecule has 0 radical (unpaired) electrons. The summed E-state index contributed by atoms with van der Waals surface area (Å²) in [5.74, 6) is 0. The predicted molar refractivity (Wildman–Crippen MR) is 149 cm³/mol. The molecule has 4 aromatic carbocycles. The maximum Gasteiger partial charge on any atom is 0.249 e. The average molecular weight is 495 g/mol. The van der Waals surface area contributed by atoms with Gasteiger partial charge in [0.2, 0.25) is 18.2 Å². The van der Waals surface area contributed by atoms with Crippen LogP contribution >= 0.6 is 7.14 Å². The number of hydrogen-bond acceptors (Lipinski definition) is 3. The smallest absolute Gasteiger partial charge is 0.249 e. The molecular formula is C32H31O3P. The second-order valence-electron chi connectivity index (χ2n) is 9.65. The van der Waals surface area contributed by atoms with E-state index in [4.69, 9.17) is 0 Å². The van der Waals surface area contributed by atoms with Crippen molar-refractivity contribution in [2.75, 3.05) is 0 Å². The Bertz CT molecular complexity index is 1430. The predicted octanol–water partition coefficient (Wildman–Crippen LogP) is 7.87. The first-order valence-corrected chi connectivity index (χ1v) is 13.8. The molecule has 3 nitrogen and oxygen atoms in total. The molecule has 36 heavy (non-hydrogen) atoms. The third kappa shape index (κ3) is 4.40. The Hall–Kier alpha value is -3.55. The van der Waals surface area contributed by atoms with Crippen molar-refractivity contribution in [3.05, 3.63) is 123 Å². The number of rotatable bonds is 6. The first-order valence-electron chi connectivity index (χ1n) is 12.1. The van der Waals surface area contributed by atoms with Gasteiger partial charge in [-0.1, -0.05) is 90.0 Å². The summed E-state index contributed by atoms with van der Waals surface area (Å²) in [5.41, 5.74) is 5.87. The van der Waals surface area contributed by atoms with Crippen molar-refractivity contribution in [1.29, 1.82) is 0 Å². The Balaban J connectivity index is 2.07. The van der Waals surface area contributed by atoms with E-state index in [9.17, 15) is 9.59 Å². The highest BCUT2D eigenvalue weighted by Gasteiger charge is 2.46. The van der Waals surface area contributed by atoms with Gasteiger partial charge in [0.05, 0.1) is 0 Å². The van der Waals surface area contributed by atoms with E-state index in [2.05, 4.69) is 0 Å². The normalized spacial score (nSPS) is 11.4. The maximum atomic E-state index is 15.3. The van der Waals surface area contributed by atoms with Crippen molar-refractivity contribution in [3.63, 3.8) is 0 Å². The number of carbonyl (C=O) groups is 2. The minimum absolute atomic E-state index is 0.282. The topological polar surface area (TPSA) is 51.2 Å². The van der Waals surface area contributed by atoms with Crippen LogP contribution in [0.3, 0.4) is 0 Å². The van der Waals surface area contributed by atoms with Crippen LogP contribution in [0.5, 0.6) is 0 Å². The van der Waals surface area contributed by atoms with E-state index in [0.717, 1.165) is 38.9 Å². The molecule has 0 N–H and O–H groups in total. The zero-order chi connectivity index (χ0) is 26.2. The van der Waals surface area contributed by atoms with Crippen LogP contribution in [0.25, 0.3) is 11.1 Å². The molecule has 0 aliphatic carbocycles. The highest BCUT2D eigenvalue weighted by Crippen LogP contribution is 2.54. The summed E-state index contributed by atoms with van der Waals surface area (Å²) in [6.07, 6.45) is 0. The monoisotopic (exact) mass is 494 g/mol. The standard InChI is InChI=1S/C32H31O3P/c1-20-16-22(3)29(23(4)17-20)31(33)36(35,32(34)30-24(5)18-21(2)19-25(30)6)28-15-11-10-14-27(28)26-12-8-7-9-13-26/h7-19H,1-6H3. The second-order valence-corrected chi connectivity index (χ2v) is 12.2. The van der Waals surface area contributed by atoms with Crippen molar-refractivity contribution < 1.29 is 14.2 Å². The molecule has 4 aromatic rings. The van der Waals surface area contributed by atoms with Crippen molar-refractivity contribution in [2.45, 2.75) is 41.5 Å². The lowest BCUT2D eigenvalue weighted by atomic mass is 10.0. The molecule has 0 heterocycles. The fourth-order valence-electron chi connectivity index (χ4n) is 5.27. The molecule has 0 saturated carbocycles. The number of aryl methyl sites for hydroxylation is 6. The van der Waals surface area contributed by atoms with Gasteiger partial charge in [0.15, 0.2) is 0 Å². The SMILES string of the molecule is Cc1cc(C)c(C(=O)P(=O)(C(=O)c2c(C)cc(C)cc2C)c2ccccc2-c2ccccc2)c(C)c1. The summed E-state index contributed by atoms with van der Waals surface area (Å²) < 4.78 is 15.3. The fraction of sp³-hybridized carbons (Fsp3) is 0.188. The van der Waals surface area contributed by atoms with Crippen molar-refractivity contribution in [1.82, 2.24) is 0 Å². The van der Waals surface area contributed by atoms with E-state index >= 15 is 4.57 Å². The van der Waals surface area contributed by atoms with Gasteiger partial charge in [0.25, 0.3) is 0 Å². The van der Waals surface area contributed by atoms with Crippen LogP contribution in [0.4, 0.5) is 0 Å².